The van der Waals surface area contributed by atoms with Crippen LogP contribution in [-0.2, 0) is 14.3 Å². The Morgan fingerprint density at radius 2 is 1.19 bits per heavy atom. The van der Waals surface area contributed by atoms with Crippen LogP contribution in [0.2, 0.25) is 0 Å². The molecule has 1 aliphatic rings. The molecule has 9 heteroatoms. The maximum atomic E-state index is 12.7. The molecule has 0 saturated carbocycles. The molecule has 1 aliphatic heterocycles. The monoisotopic (exact) mass is 603 g/mol. The Balaban J connectivity index is 2.31. The number of aliphatic hydroxyl groups excluding tert-OH is 5. The fraction of sp³-hybridized carbons (Fsp3) is 0.970. The van der Waals surface area contributed by atoms with Crippen molar-refractivity contribution in [3.8, 4) is 0 Å². The van der Waals surface area contributed by atoms with Crippen molar-refractivity contribution in [3.05, 3.63) is 0 Å². The van der Waals surface area contributed by atoms with E-state index in [1.807, 2.05) is 0 Å². The summed E-state index contributed by atoms with van der Waals surface area (Å²) in [6.45, 7) is 3.69. The third kappa shape index (κ3) is 17.5. The highest BCUT2D eigenvalue weighted by atomic mass is 16.7. The van der Waals surface area contributed by atoms with Crippen molar-refractivity contribution in [1.29, 1.82) is 0 Å². The van der Waals surface area contributed by atoms with E-state index >= 15 is 0 Å². The first-order chi connectivity index (χ1) is 20.3. The molecule has 9 nitrogen and oxygen atoms in total. The minimum absolute atomic E-state index is 0.137. The number of nitrogens with one attached hydrogen (secondary N) is 1. The quantitative estimate of drug-likeness (QED) is 0.0728. The van der Waals surface area contributed by atoms with E-state index in [4.69, 9.17) is 9.47 Å². The topological polar surface area (TPSA) is 149 Å². The molecule has 1 saturated heterocycles. The largest absolute Gasteiger partial charge is 0.394 e. The van der Waals surface area contributed by atoms with Gasteiger partial charge in [0.1, 0.15) is 24.4 Å². The van der Waals surface area contributed by atoms with Crippen molar-refractivity contribution >= 4 is 5.91 Å². The number of aliphatic hydroxyl groups is 5. The minimum Gasteiger partial charge on any atom is -0.394 e. The van der Waals surface area contributed by atoms with Gasteiger partial charge in [-0.1, -0.05) is 129 Å². The zero-order chi connectivity index (χ0) is 31.0. The molecule has 0 aromatic heterocycles. The number of carbonyl (C=O) groups is 1. The van der Waals surface area contributed by atoms with Crippen molar-refractivity contribution in [3.63, 3.8) is 0 Å². The Kier molecular flexibility index (Phi) is 23.8. The molecule has 0 aliphatic carbocycles. The number of hydrogen-bond acceptors (Lipinski definition) is 8. The molecule has 0 aromatic rings. The van der Waals surface area contributed by atoms with Crippen LogP contribution in [0.25, 0.3) is 0 Å². The van der Waals surface area contributed by atoms with Crippen molar-refractivity contribution in [2.24, 2.45) is 0 Å². The molecule has 0 spiro atoms. The summed E-state index contributed by atoms with van der Waals surface area (Å²) in [4.78, 5) is 12.7. The second-order valence-corrected chi connectivity index (χ2v) is 12.3. The van der Waals surface area contributed by atoms with Gasteiger partial charge >= 0.3 is 0 Å². The van der Waals surface area contributed by atoms with Gasteiger partial charge in [-0.2, -0.15) is 0 Å². The molecule has 0 bridgehead atoms. The fourth-order valence-electron chi connectivity index (χ4n) is 5.57. The van der Waals surface area contributed by atoms with Gasteiger partial charge in [-0.05, 0) is 12.8 Å². The third-order valence-corrected chi connectivity index (χ3v) is 8.46. The van der Waals surface area contributed by atoms with Gasteiger partial charge in [0, 0.05) is 6.42 Å². The van der Waals surface area contributed by atoms with E-state index in [1.165, 1.54) is 77.0 Å². The maximum Gasteiger partial charge on any atom is 0.220 e. The maximum absolute atomic E-state index is 12.7. The first-order valence-electron chi connectivity index (χ1n) is 17.2. The van der Waals surface area contributed by atoms with Gasteiger partial charge in [0.25, 0.3) is 0 Å². The Hall–Kier alpha value is -0.810. The Morgan fingerprint density at radius 3 is 1.69 bits per heavy atom. The number of ether oxygens (including phenoxy) is 2. The molecule has 7 atom stereocenters. The van der Waals surface area contributed by atoms with Crippen LogP contribution in [0.4, 0.5) is 0 Å². The second kappa shape index (κ2) is 25.5. The Bertz CT molecular complexity index is 637. The van der Waals surface area contributed by atoms with E-state index in [9.17, 15) is 30.3 Å². The highest BCUT2D eigenvalue weighted by Crippen LogP contribution is 2.23. The number of unbranched alkanes of at least 4 members (excludes halogenated alkanes) is 17. The minimum atomic E-state index is -1.54. The van der Waals surface area contributed by atoms with Crippen LogP contribution in [0.1, 0.15) is 149 Å². The predicted molar refractivity (Wildman–Crippen MR) is 166 cm³/mol. The van der Waals surface area contributed by atoms with Gasteiger partial charge in [0.2, 0.25) is 5.91 Å². The average molecular weight is 604 g/mol. The van der Waals surface area contributed by atoms with Gasteiger partial charge < -0.3 is 40.3 Å². The molecular formula is C33H65NO8. The number of hydrogen-bond donors (Lipinski definition) is 6. The lowest BCUT2D eigenvalue weighted by Crippen LogP contribution is -2.60. The van der Waals surface area contributed by atoms with Crippen LogP contribution in [0, 0.1) is 0 Å². The van der Waals surface area contributed by atoms with Crippen LogP contribution in [-0.4, -0.2) is 87.5 Å². The summed E-state index contributed by atoms with van der Waals surface area (Å²) >= 11 is 0. The van der Waals surface area contributed by atoms with Crippen LogP contribution in [0.5, 0.6) is 0 Å². The Morgan fingerprint density at radius 1 is 0.714 bits per heavy atom. The van der Waals surface area contributed by atoms with Crippen molar-refractivity contribution in [2.45, 2.75) is 192 Å². The van der Waals surface area contributed by atoms with E-state index < -0.39 is 49.5 Å². The summed E-state index contributed by atoms with van der Waals surface area (Å²) in [5.74, 6) is -0.153. The molecule has 7 unspecified atom stereocenters. The third-order valence-electron chi connectivity index (χ3n) is 8.46. The molecule has 1 heterocycles. The van der Waals surface area contributed by atoms with Crippen LogP contribution < -0.4 is 5.32 Å². The van der Waals surface area contributed by atoms with Gasteiger partial charge in [-0.15, -0.1) is 0 Å². The van der Waals surface area contributed by atoms with Crippen LogP contribution in [0.3, 0.4) is 0 Å². The molecule has 6 N–H and O–H groups in total. The summed E-state index contributed by atoms with van der Waals surface area (Å²) in [6.07, 6.45) is 16.0. The summed E-state index contributed by atoms with van der Waals surface area (Å²) in [6, 6.07) is -0.706. The molecule has 1 fully saturated rings. The van der Waals surface area contributed by atoms with Gasteiger partial charge in [0.15, 0.2) is 6.29 Å². The summed E-state index contributed by atoms with van der Waals surface area (Å²) in [7, 11) is 0. The van der Waals surface area contributed by atoms with Gasteiger partial charge in [-0.3, -0.25) is 4.79 Å². The lowest BCUT2D eigenvalue weighted by molar-refractivity contribution is -0.302. The molecule has 0 radical (unpaired) electrons. The smallest absolute Gasteiger partial charge is 0.220 e. The van der Waals surface area contributed by atoms with E-state index in [0.717, 1.165) is 44.9 Å². The molecule has 0 aromatic carbocycles. The fourth-order valence-corrected chi connectivity index (χ4v) is 5.57. The zero-order valence-corrected chi connectivity index (χ0v) is 26.8. The van der Waals surface area contributed by atoms with E-state index in [-0.39, 0.29) is 12.5 Å². The Labute approximate surface area is 255 Å². The number of carbonyl (C=O) groups excluding carboxylic acids is 1. The molecule has 1 amide bonds. The summed E-state index contributed by atoms with van der Waals surface area (Å²) in [5, 5.41) is 53.4. The number of amides is 1. The molecule has 1 rings (SSSR count). The van der Waals surface area contributed by atoms with Crippen LogP contribution >= 0.6 is 0 Å². The van der Waals surface area contributed by atoms with E-state index in [1.54, 1.807) is 0 Å². The normalized spacial score (nSPS) is 24.0. The molecule has 42 heavy (non-hydrogen) atoms. The van der Waals surface area contributed by atoms with E-state index in [0.29, 0.717) is 12.8 Å². The second-order valence-electron chi connectivity index (χ2n) is 12.3. The SMILES string of the molecule is CCCCCCCCCCCCCCCCCC(=O)NC(COC1OC(CO)C(O)C(O)C1O)C(O)CCCCCC. The number of rotatable bonds is 27. The zero-order valence-electron chi connectivity index (χ0n) is 26.8. The first kappa shape index (κ1) is 39.2. The lowest BCUT2D eigenvalue weighted by atomic mass is 9.99. The summed E-state index contributed by atoms with van der Waals surface area (Å²) < 4.78 is 11.1. The van der Waals surface area contributed by atoms with Crippen LogP contribution in [0.15, 0.2) is 0 Å². The predicted octanol–water partition coefficient (Wildman–Crippen LogP) is 4.88. The average Bonchev–Trinajstić information content (AvgIpc) is 2.98. The standard InChI is InChI=1S/C33H65NO8/c1-3-5-7-9-10-11-12-13-14-15-16-17-18-19-21-23-29(37)34-26(27(36)22-20-8-6-4-2)25-41-33-32(40)31(39)30(38)28(24-35)42-33/h26-28,30-33,35-36,38-40H,3-25H2,1-2H3,(H,34,37). The van der Waals surface area contributed by atoms with E-state index in [2.05, 4.69) is 19.2 Å². The van der Waals surface area contributed by atoms with Crippen molar-refractivity contribution in [2.75, 3.05) is 13.2 Å². The summed E-state index contributed by atoms with van der Waals surface area (Å²) in [5.41, 5.74) is 0. The van der Waals surface area contributed by atoms with Gasteiger partial charge in [0.05, 0.1) is 25.4 Å². The van der Waals surface area contributed by atoms with Crippen molar-refractivity contribution < 1.29 is 39.8 Å². The highest BCUT2D eigenvalue weighted by Gasteiger charge is 2.44. The molecular weight excluding hydrogens is 538 g/mol. The first-order valence-corrected chi connectivity index (χ1v) is 17.2. The van der Waals surface area contributed by atoms with Gasteiger partial charge in [-0.25, -0.2) is 0 Å². The highest BCUT2D eigenvalue weighted by molar-refractivity contribution is 5.76. The lowest BCUT2D eigenvalue weighted by Gasteiger charge is -2.40. The molecule has 250 valence electrons. The van der Waals surface area contributed by atoms with Crippen molar-refractivity contribution in [1.82, 2.24) is 5.32 Å².